The van der Waals surface area contributed by atoms with Gasteiger partial charge in [0.25, 0.3) is 0 Å². The molecule has 0 aliphatic rings. The zero-order chi connectivity index (χ0) is 13.1. The third kappa shape index (κ3) is 2.76. The van der Waals surface area contributed by atoms with Gasteiger partial charge in [-0.2, -0.15) is 5.10 Å². The minimum absolute atomic E-state index is 0.00685. The van der Waals surface area contributed by atoms with Crippen molar-refractivity contribution in [2.75, 3.05) is 5.32 Å². The molecule has 0 atom stereocenters. The molecule has 0 radical (unpaired) electrons. The van der Waals surface area contributed by atoms with Gasteiger partial charge in [-0.15, -0.1) is 11.3 Å². The van der Waals surface area contributed by atoms with Crippen LogP contribution in [0.4, 0.5) is 5.13 Å². The van der Waals surface area contributed by atoms with E-state index in [1.54, 1.807) is 6.20 Å². The summed E-state index contributed by atoms with van der Waals surface area (Å²) in [6, 6.07) is 0. The highest BCUT2D eigenvalue weighted by Gasteiger charge is 2.11. The number of carbonyl (C=O) groups excluding carboxylic acids is 1. The monoisotopic (exact) mass is 264 g/mol. The number of aryl methyl sites for hydroxylation is 2. The standard InChI is InChI=1S/C12H16N4OS/c1-8-10(9(2)16(3)15-8)4-5-11(17)14-12-13-6-7-18-12/h6-7H,4-5H2,1-3H3,(H,13,14,17). The van der Waals surface area contributed by atoms with Crippen LogP contribution in [0.2, 0.25) is 0 Å². The van der Waals surface area contributed by atoms with E-state index in [2.05, 4.69) is 15.4 Å². The van der Waals surface area contributed by atoms with E-state index in [1.807, 2.05) is 31.0 Å². The van der Waals surface area contributed by atoms with Crippen molar-refractivity contribution in [3.8, 4) is 0 Å². The number of carbonyl (C=O) groups is 1. The second-order valence-corrected chi connectivity index (χ2v) is 5.05. The van der Waals surface area contributed by atoms with Crippen molar-refractivity contribution in [2.24, 2.45) is 7.05 Å². The van der Waals surface area contributed by atoms with Crippen molar-refractivity contribution in [1.29, 1.82) is 0 Å². The first-order chi connectivity index (χ1) is 8.58. The highest BCUT2D eigenvalue weighted by atomic mass is 32.1. The summed E-state index contributed by atoms with van der Waals surface area (Å²) in [6.45, 7) is 4.00. The van der Waals surface area contributed by atoms with E-state index in [0.717, 1.165) is 17.0 Å². The van der Waals surface area contributed by atoms with Crippen LogP contribution in [0, 0.1) is 13.8 Å². The molecule has 2 aromatic rings. The van der Waals surface area contributed by atoms with Crippen LogP contribution in [0.15, 0.2) is 11.6 Å². The first-order valence-electron chi connectivity index (χ1n) is 5.76. The number of nitrogens with zero attached hydrogens (tertiary/aromatic N) is 3. The van der Waals surface area contributed by atoms with Gasteiger partial charge < -0.3 is 5.32 Å². The van der Waals surface area contributed by atoms with E-state index in [-0.39, 0.29) is 5.91 Å². The van der Waals surface area contributed by atoms with Crippen molar-refractivity contribution in [1.82, 2.24) is 14.8 Å². The van der Waals surface area contributed by atoms with Crippen molar-refractivity contribution in [3.05, 3.63) is 28.5 Å². The van der Waals surface area contributed by atoms with Crippen LogP contribution >= 0.6 is 11.3 Å². The number of hydrogen-bond donors (Lipinski definition) is 1. The van der Waals surface area contributed by atoms with Crippen LogP contribution in [-0.2, 0) is 18.3 Å². The SMILES string of the molecule is Cc1nn(C)c(C)c1CCC(=O)Nc1nccs1. The van der Waals surface area contributed by atoms with Gasteiger partial charge in [-0.25, -0.2) is 4.98 Å². The average molecular weight is 264 g/mol. The predicted molar refractivity (Wildman–Crippen MR) is 71.7 cm³/mol. The van der Waals surface area contributed by atoms with Crippen LogP contribution in [0.3, 0.4) is 0 Å². The molecule has 0 aliphatic carbocycles. The molecule has 96 valence electrons. The minimum Gasteiger partial charge on any atom is -0.302 e. The number of nitrogens with one attached hydrogen (secondary N) is 1. The second kappa shape index (κ2) is 5.30. The van der Waals surface area contributed by atoms with E-state index in [0.29, 0.717) is 18.0 Å². The summed E-state index contributed by atoms with van der Waals surface area (Å²) >= 11 is 1.42. The van der Waals surface area contributed by atoms with Crippen molar-refractivity contribution >= 4 is 22.4 Å². The van der Waals surface area contributed by atoms with Crippen LogP contribution in [-0.4, -0.2) is 20.7 Å². The molecule has 2 rings (SSSR count). The summed E-state index contributed by atoms with van der Waals surface area (Å²) < 4.78 is 1.85. The Kier molecular flexibility index (Phi) is 3.76. The molecule has 0 fully saturated rings. The molecule has 2 heterocycles. The topological polar surface area (TPSA) is 59.8 Å². The molecule has 6 heteroatoms. The van der Waals surface area contributed by atoms with Crippen molar-refractivity contribution < 1.29 is 4.79 Å². The average Bonchev–Trinajstić information content (AvgIpc) is 2.88. The zero-order valence-electron chi connectivity index (χ0n) is 10.7. The Bertz CT molecular complexity index is 545. The molecule has 5 nitrogen and oxygen atoms in total. The molecule has 1 amide bonds. The minimum atomic E-state index is -0.00685. The number of aromatic nitrogens is 3. The molecule has 0 aromatic carbocycles. The highest BCUT2D eigenvalue weighted by Crippen LogP contribution is 2.15. The third-order valence-electron chi connectivity index (χ3n) is 2.94. The quantitative estimate of drug-likeness (QED) is 0.919. The van der Waals surface area contributed by atoms with Crippen LogP contribution in [0.1, 0.15) is 23.4 Å². The summed E-state index contributed by atoms with van der Waals surface area (Å²) in [4.78, 5) is 15.8. The number of rotatable bonds is 4. The van der Waals surface area contributed by atoms with E-state index in [4.69, 9.17) is 0 Å². The molecule has 0 saturated heterocycles. The summed E-state index contributed by atoms with van der Waals surface area (Å²) in [5.74, 6) is -0.00685. The highest BCUT2D eigenvalue weighted by molar-refractivity contribution is 7.13. The molecular formula is C12H16N4OS. The Morgan fingerprint density at radius 3 is 2.83 bits per heavy atom. The smallest absolute Gasteiger partial charge is 0.226 e. The van der Waals surface area contributed by atoms with Gasteiger partial charge in [0, 0.05) is 30.7 Å². The fourth-order valence-corrected chi connectivity index (χ4v) is 2.43. The number of hydrogen-bond acceptors (Lipinski definition) is 4. The Balaban J connectivity index is 1.93. The van der Waals surface area contributed by atoms with Crippen molar-refractivity contribution in [2.45, 2.75) is 26.7 Å². The van der Waals surface area contributed by atoms with E-state index < -0.39 is 0 Å². The van der Waals surface area contributed by atoms with E-state index in [9.17, 15) is 4.79 Å². The van der Waals surface area contributed by atoms with Crippen LogP contribution in [0.5, 0.6) is 0 Å². The summed E-state index contributed by atoms with van der Waals surface area (Å²) in [7, 11) is 1.92. The Hall–Kier alpha value is -1.69. The first kappa shape index (κ1) is 12.8. The maximum absolute atomic E-state index is 11.7. The zero-order valence-corrected chi connectivity index (χ0v) is 11.5. The molecule has 0 saturated carbocycles. The lowest BCUT2D eigenvalue weighted by Gasteiger charge is -2.02. The number of amides is 1. The Labute approximate surface area is 110 Å². The molecule has 1 N–H and O–H groups in total. The summed E-state index contributed by atoms with van der Waals surface area (Å²) in [5.41, 5.74) is 3.28. The van der Waals surface area contributed by atoms with Crippen molar-refractivity contribution in [3.63, 3.8) is 0 Å². The van der Waals surface area contributed by atoms with Gasteiger partial charge in [-0.05, 0) is 25.8 Å². The lowest BCUT2D eigenvalue weighted by atomic mass is 10.1. The lowest BCUT2D eigenvalue weighted by Crippen LogP contribution is -2.12. The maximum Gasteiger partial charge on any atom is 0.226 e. The molecule has 0 aliphatic heterocycles. The Morgan fingerprint density at radius 1 is 1.50 bits per heavy atom. The van der Waals surface area contributed by atoms with Gasteiger partial charge in [0.15, 0.2) is 5.13 Å². The van der Waals surface area contributed by atoms with E-state index >= 15 is 0 Å². The first-order valence-corrected chi connectivity index (χ1v) is 6.64. The maximum atomic E-state index is 11.7. The number of thiazole rings is 1. The third-order valence-corrected chi connectivity index (χ3v) is 3.63. The molecule has 18 heavy (non-hydrogen) atoms. The van der Waals surface area contributed by atoms with Crippen LogP contribution < -0.4 is 5.32 Å². The van der Waals surface area contributed by atoms with Gasteiger partial charge in [0.05, 0.1) is 5.69 Å². The lowest BCUT2D eigenvalue weighted by molar-refractivity contribution is -0.116. The fourth-order valence-electron chi connectivity index (χ4n) is 1.88. The largest absolute Gasteiger partial charge is 0.302 e. The van der Waals surface area contributed by atoms with E-state index in [1.165, 1.54) is 11.3 Å². The fraction of sp³-hybridized carbons (Fsp3) is 0.417. The molecule has 2 aromatic heterocycles. The van der Waals surface area contributed by atoms with Gasteiger partial charge in [0.1, 0.15) is 0 Å². The van der Waals surface area contributed by atoms with Gasteiger partial charge in [-0.3, -0.25) is 9.48 Å². The Morgan fingerprint density at radius 2 is 2.28 bits per heavy atom. The van der Waals surface area contributed by atoms with Gasteiger partial charge in [0.2, 0.25) is 5.91 Å². The normalized spacial score (nSPS) is 10.6. The molecule has 0 spiro atoms. The second-order valence-electron chi connectivity index (χ2n) is 4.16. The van der Waals surface area contributed by atoms with Crippen LogP contribution in [0.25, 0.3) is 0 Å². The molecular weight excluding hydrogens is 248 g/mol. The van der Waals surface area contributed by atoms with Gasteiger partial charge in [-0.1, -0.05) is 0 Å². The number of anilines is 1. The summed E-state index contributed by atoms with van der Waals surface area (Å²) in [6.07, 6.45) is 2.84. The molecule has 0 unspecified atom stereocenters. The predicted octanol–water partition coefficient (Wildman–Crippen LogP) is 2.06. The summed E-state index contributed by atoms with van der Waals surface area (Å²) in [5, 5.41) is 9.61. The molecule has 0 bridgehead atoms. The van der Waals surface area contributed by atoms with Gasteiger partial charge >= 0.3 is 0 Å².